The highest BCUT2D eigenvalue weighted by atomic mass is 16.1. The number of hydrogen-bond donors (Lipinski definition) is 1. The predicted molar refractivity (Wildman–Crippen MR) is 101 cm³/mol. The van der Waals surface area contributed by atoms with Gasteiger partial charge in [0.25, 0.3) is 0 Å². The first-order valence-electron chi connectivity index (χ1n) is 9.41. The van der Waals surface area contributed by atoms with Crippen molar-refractivity contribution < 1.29 is 4.79 Å². The van der Waals surface area contributed by atoms with Gasteiger partial charge in [-0.25, -0.2) is 0 Å². The fourth-order valence-corrected chi connectivity index (χ4v) is 4.32. The second-order valence-electron chi connectivity index (χ2n) is 7.35. The van der Waals surface area contributed by atoms with Gasteiger partial charge >= 0.3 is 0 Å². The first-order valence-corrected chi connectivity index (χ1v) is 9.41. The zero-order chi connectivity index (χ0) is 17.1. The molecule has 3 heterocycles. The van der Waals surface area contributed by atoms with Gasteiger partial charge in [-0.3, -0.25) is 4.79 Å². The van der Waals surface area contributed by atoms with Crippen LogP contribution in [0.15, 0.2) is 60.7 Å². The molecule has 2 atom stereocenters. The number of hydrogen-bond acceptors (Lipinski definition) is 3. The molecular weight excluding hydrogens is 308 g/mol. The lowest BCUT2D eigenvalue weighted by atomic mass is 9.83. The Morgan fingerprint density at radius 3 is 2.24 bits per heavy atom. The Morgan fingerprint density at radius 2 is 1.64 bits per heavy atom. The van der Waals surface area contributed by atoms with Crippen molar-refractivity contribution in [3.8, 4) is 0 Å². The molecule has 2 aromatic carbocycles. The Morgan fingerprint density at radius 1 is 1.00 bits per heavy atom. The summed E-state index contributed by atoms with van der Waals surface area (Å²) < 4.78 is 0. The number of benzene rings is 2. The molecule has 0 spiro atoms. The molecule has 1 N–H and O–H groups in total. The van der Waals surface area contributed by atoms with Crippen molar-refractivity contribution in [2.75, 3.05) is 26.2 Å². The van der Waals surface area contributed by atoms with Crippen LogP contribution in [-0.2, 0) is 0 Å². The Bertz CT molecular complexity index is 692. The van der Waals surface area contributed by atoms with E-state index in [0.29, 0.717) is 12.6 Å². The van der Waals surface area contributed by atoms with Gasteiger partial charge in [0.15, 0.2) is 5.78 Å². The van der Waals surface area contributed by atoms with E-state index in [1.807, 2.05) is 48.5 Å². The molecule has 3 fully saturated rings. The van der Waals surface area contributed by atoms with Crippen LogP contribution in [0.4, 0.5) is 0 Å². The van der Waals surface area contributed by atoms with E-state index < -0.39 is 0 Å². The Balaban J connectivity index is 1.51. The van der Waals surface area contributed by atoms with E-state index in [2.05, 4.69) is 22.3 Å². The molecule has 5 rings (SSSR count). The number of Topliss-reactive ketones (excluding diaryl/α,β-unsaturated/α-hetero) is 1. The van der Waals surface area contributed by atoms with Crippen LogP contribution in [0.3, 0.4) is 0 Å². The third kappa shape index (κ3) is 3.68. The molecule has 0 aromatic heterocycles. The van der Waals surface area contributed by atoms with Crippen LogP contribution in [0.2, 0.25) is 0 Å². The number of piperidine rings is 3. The van der Waals surface area contributed by atoms with Crippen LogP contribution in [0.25, 0.3) is 0 Å². The number of carbonyl (C=O) groups is 1. The highest BCUT2D eigenvalue weighted by Gasteiger charge is 2.34. The minimum absolute atomic E-state index is 0.126. The molecule has 0 saturated carbocycles. The number of nitrogens with one attached hydrogen (secondary N) is 1. The van der Waals surface area contributed by atoms with Gasteiger partial charge in [0.2, 0.25) is 0 Å². The van der Waals surface area contributed by atoms with E-state index in [4.69, 9.17) is 0 Å². The Kier molecular flexibility index (Phi) is 4.95. The fourth-order valence-electron chi connectivity index (χ4n) is 4.32. The smallest absolute Gasteiger partial charge is 0.171 e. The maximum Gasteiger partial charge on any atom is 0.171 e. The molecule has 3 heteroatoms. The van der Waals surface area contributed by atoms with E-state index in [-0.39, 0.29) is 11.7 Å². The molecular formula is C22H26N2O. The molecule has 3 nitrogen and oxygen atoms in total. The van der Waals surface area contributed by atoms with Crippen molar-refractivity contribution in [3.05, 3.63) is 71.8 Å². The second kappa shape index (κ2) is 7.51. The largest absolute Gasteiger partial charge is 0.311 e. The summed E-state index contributed by atoms with van der Waals surface area (Å²) in [4.78, 5) is 15.7. The van der Waals surface area contributed by atoms with Crippen LogP contribution < -0.4 is 5.32 Å². The third-order valence-corrected chi connectivity index (χ3v) is 5.82. The Labute approximate surface area is 150 Å². The summed E-state index contributed by atoms with van der Waals surface area (Å²) in [5.74, 6) is 0.855. The summed E-state index contributed by atoms with van der Waals surface area (Å²) in [6.45, 7) is 4.33. The minimum atomic E-state index is -0.126. The lowest BCUT2D eigenvalue weighted by Crippen LogP contribution is -2.56. The number of rotatable bonds is 6. The van der Waals surface area contributed by atoms with Gasteiger partial charge in [-0.1, -0.05) is 60.7 Å². The molecule has 3 saturated heterocycles. The topological polar surface area (TPSA) is 32.3 Å². The molecule has 25 heavy (non-hydrogen) atoms. The molecule has 2 aromatic rings. The van der Waals surface area contributed by atoms with Crippen molar-refractivity contribution >= 4 is 5.78 Å². The highest BCUT2D eigenvalue weighted by molar-refractivity contribution is 6.01. The highest BCUT2D eigenvalue weighted by Crippen LogP contribution is 2.28. The van der Waals surface area contributed by atoms with Crippen molar-refractivity contribution in [3.63, 3.8) is 0 Å². The van der Waals surface area contributed by atoms with Crippen LogP contribution in [0.1, 0.15) is 34.7 Å². The quantitative estimate of drug-likeness (QED) is 0.823. The molecule has 3 aliphatic rings. The maximum absolute atomic E-state index is 13.1. The van der Waals surface area contributed by atoms with Gasteiger partial charge in [-0.2, -0.15) is 0 Å². The molecule has 3 aliphatic heterocycles. The fraction of sp³-hybridized carbons (Fsp3) is 0.409. The first kappa shape index (κ1) is 16.5. The van der Waals surface area contributed by atoms with Crippen molar-refractivity contribution in [1.29, 1.82) is 0 Å². The normalized spacial score (nSPS) is 26.3. The van der Waals surface area contributed by atoms with Crippen LogP contribution >= 0.6 is 0 Å². The van der Waals surface area contributed by atoms with Gasteiger partial charge in [0.1, 0.15) is 0 Å². The monoisotopic (exact) mass is 334 g/mol. The lowest BCUT2D eigenvalue weighted by Gasteiger charge is -2.45. The SMILES string of the molecule is O=C(c1ccccc1)[C@@H](CN[C@@H]1CN2CCC1CC2)c1ccccc1. The number of nitrogens with zero attached hydrogens (tertiary/aromatic N) is 1. The van der Waals surface area contributed by atoms with Crippen molar-refractivity contribution in [1.82, 2.24) is 10.2 Å². The number of carbonyl (C=O) groups excluding carboxylic acids is 1. The van der Waals surface area contributed by atoms with E-state index in [1.54, 1.807) is 0 Å². The standard InChI is InChI=1S/C22H26N2O/c25-22(19-9-5-2-6-10-19)20(17-7-3-1-4-8-17)15-23-21-16-24-13-11-18(21)12-14-24/h1-10,18,20-21,23H,11-16H2/t20-,21+/m0/s1. The van der Waals surface area contributed by atoms with Crippen LogP contribution in [0, 0.1) is 5.92 Å². The average molecular weight is 334 g/mol. The van der Waals surface area contributed by atoms with Crippen molar-refractivity contribution in [2.45, 2.75) is 24.8 Å². The molecule has 0 radical (unpaired) electrons. The zero-order valence-corrected chi connectivity index (χ0v) is 14.6. The summed E-state index contributed by atoms with van der Waals surface area (Å²) in [7, 11) is 0. The maximum atomic E-state index is 13.1. The van der Waals surface area contributed by atoms with Gasteiger partial charge in [0, 0.05) is 24.7 Å². The van der Waals surface area contributed by atoms with Gasteiger partial charge in [-0.05, 0) is 37.4 Å². The minimum Gasteiger partial charge on any atom is -0.311 e. The average Bonchev–Trinajstić information content (AvgIpc) is 2.70. The third-order valence-electron chi connectivity index (χ3n) is 5.82. The lowest BCUT2D eigenvalue weighted by molar-refractivity contribution is 0.0708. The van der Waals surface area contributed by atoms with Gasteiger partial charge < -0.3 is 10.2 Å². The molecule has 130 valence electrons. The van der Waals surface area contributed by atoms with E-state index >= 15 is 0 Å². The van der Waals surface area contributed by atoms with Gasteiger partial charge in [-0.15, -0.1) is 0 Å². The molecule has 2 bridgehead atoms. The van der Waals surface area contributed by atoms with E-state index in [1.165, 1.54) is 25.9 Å². The Hall–Kier alpha value is -1.97. The second-order valence-corrected chi connectivity index (χ2v) is 7.35. The number of ketones is 1. The number of fused-ring (bicyclic) bond motifs is 3. The van der Waals surface area contributed by atoms with Crippen LogP contribution in [0.5, 0.6) is 0 Å². The van der Waals surface area contributed by atoms with Crippen LogP contribution in [-0.4, -0.2) is 42.9 Å². The summed E-state index contributed by atoms with van der Waals surface area (Å²) in [6, 6.07) is 20.4. The van der Waals surface area contributed by atoms with E-state index in [9.17, 15) is 4.79 Å². The molecule has 0 unspecified atom stereocenters. The summed E-state index contributed by atoms with van der Waals surface area (Å²) >= 11 is 0. The summed E-state index contributed by atoms with van der Waals surface area (Å²) in [5, 5.41) is 3.74. The molecule has 0 amide bonds. The first-order chi connectivity index (χ1) is 12.3. The van der Waals surface area contributed by atoms with E-state index in [0.717, 1.165) is 23.6 Å². The zero-order valence-electron chi connectivity index (χ0n) is 14.6. The molecule has 0 aliphatic carbocycles. The van der Waals surface area contributed by atoms with Gasteiger partial charge in [0.05, 0.1) is 5.92 Å². The summed E-state index contributed by atoms with van der Waals surface area (Å²) in [6.07, 6.45) is 2.58. The van der Waals surface area contributed by atoms with Crippen molar-refractivity contribution in [2.24, 2.45) is 5.92 Å². The predicted octanol–water partition coefficient (Wildman–Crippen LogP) is 3.34. The summed E-state index contributed by atoms with van der Waals surface area (Å²) in [5.41, 5.74) is 1.90.